The van der Waals surface area contributed by atoms with Crippen LogP contribution in [-0.2, 0) is 23.9 Å². The van der Waals surface area contributed by atoms with E-state index in [1.165, 1.54) is 134 Å². The zero-order valence-corrected chi connectivity index (χ0v) is 31.0. The number of esters is 2. The molecule has 0 amide bonds. The fraction of sp³-hybridized carbons (Fsp3) is 0.923. The minimum absolute atomic E-state index is 0.0398. The van der Waals surface area contributed by atoms with E-state index >= 15 is 0 Å². The molecule has 0 N–H and O–H groups in total. The molecule has 0 aliphatic carbocycles. The third-order valence-corrected chi connectivity index (χ3v) is 9.68. The van der Waals surface area contributed by atoms with Gasteiger partial charge in [-0.05, 0) is 19.3 Å². The highest BCUT2D eigenvalue weighted by Crippen LogP contribution is 2.17. The van der Waals surface area contributed by atoms with Crippen LogP contribution in [0, 0.1) is 0 Å². The predicted octanol–water partition coefficient (Wildman–Crippen LogP) is 12.5. The first-order valence-electron chi connectivity index (χ1n) is 19.5. The van der Waals surface area contributed by atoms with Crippen molar-refractivity contribution in [3.8, 4) is 0 Å². The summed E-state index contributed by atoms with van der Waals surface area (Å²) in [7, 11) is 0. The standard InChI is InChI=1S/C39H74O5S/c1-4-7-10-13-16-19-22-25-28-31-37(40)43-34-36(44-38(41)32-29-26-23-20-17-14-11-8-5-2)35-45-39(42)33-30-27-24-21-18-15-12-9-6-3/h36H,4-35H2,1-3H3. The smallest absolute Gasteiger partial charge is 0.306 e. The van der Waals surface area contributed by atoms with Crippen LogP contribution in [0.3, 0.4) is 0 Å². The lowest BCUT2D eigenvalue weighted by atomic mass is 10.1. The van der Waals surface area contributed by atoms with Crippen molar-refractivity contribution in [3.63, 3.8) is 0 Å². The molecule has 1 atom stereocenters. The van der Waals surface area contributed by atoms with Crippen molar-refractivity contribution in [3.05, 3.63) is 0 Å². The SMILES string of the molecule is CCCCCCCCCCCC(=O)OCC(CSC(=O)CCCCCCCCCCC)OC(=O)CCCCCCCCCCC. The van der Waals surface area contributed by atoms with Gasteiger partial charge in [-0.3, -0.25) is 14.4 Å². The molecule has 0 radical (unpaired) electrons. The van der Waals surface area contributed by atoms with Gasteiger partial charge in [0, 0.05) is 25.0 Å². The van der Waals surface area contributed by atoms with Crippen LogP contribution in [0.5, 0.6) is 0 Å². The number of hydrogen-bond donors (Lipinski definition) is 0. The molecule has 0 saturated carbocycles. The van der Waals surface area contributed by atoms with Crippen LogP contribution in [0.1, 0.15) is 213 Å². The van der Waals surface area contributed by atoms with Crippen LogP contribution in [0.15, 0.2) is 0 Å². The quantitative estimate of drug-likeness (QED) is 0.0500. The summed E-state index contributed by atoms with van der Waals surface area (Å²) in [5.41, 5.74) is 0. The first-order chi connectivity index (χ1) is 22.0. The van der Waals surface area contributed by atoms with Crippen molar-refractivity contribution < 1.29 is 23.9 Å². The number of thioether (sulfide) groups is 1. The lowest BCUT2D eigenvalue weighted by molar-refractivity contribution is -0.157. The van der Waals surface area contributed by atoms with E-state index in [1.807, 2.05) is 0 Å². The van der Waals surface area contributed by atoms with Crippen molar-refractivity contribution in [2.45, 2.75) is 219 Å². The number of rotatable bonds is 35. The highest BCUT2D eigenvalue weighted by atomic mass is 32.2. The molecular formula is C39H74O5S. The average Bonchev–Trinajstić information content (AvgIpc) is 3.03. The van der Waals surface area contributed by atoms with Gasteiger partial charge in [0.1, 0.15) is 12.7 Å². The number of carbonyl (C=O) groups excluding carboxylic acids is 3. The number of unbranched alkanes of at least 4 members (excludes halogenated alkanes) is 24. The predicted molar refractivity (Wildman–Crippen MR) is 194 cm³/mol. The molecule has 0 aromatic carbocycles. The highest BCUT2D eigenvalue weighted by molar-refractivity contribution is 8.13. The van der Waals surface area contributed by atoms with Crippen LogP contribution < -0.4 is 0 Å². The maximum Gasteiger partial charge on any atom is 0.306 e. The molecular weight excluding hydrogens is 580 g/mol. The molecule has 0 aliphatic heterocycles. The lowest BCUT2D eigenvalue weighted by Gasteiger charge is -2.17. The van der Waals surface area contributed by atoms with Crippen LogP contribution in [-0.4, -0.2) is 35.5 Å². The van der Waals surface area contributed by atoms with Gasteiger partial charge >= 0.3 is 11.9 Å². The molecule has 266 valence electrons. The van der Waals surface area contributed by atoms with Gasteiger partial charge in [-0.25, -0.2) is 0 Å². The molecule has 6 heteroatoms. The van der Waals surface area contributed by atoms with Gasteiger partial charge in [0.15, 0.2) is 5.12 Å². The number of ether oxygens (including phenoxy) is 2. The van der Waals surface area contributed by atoms with Crippen LogP contribution >= 0.6 is 11.8 Å². The maximum absolute atomic E-state index is 12.6. The van der Waals surface area contributed by atoms with E-state index in [2.05, 4.69) is 20.8 Å². The van der Waals surface area contributed by atoms with Gasteiger partial charge in [-0.2, -0.15) is 0 Å². The molecule has 0 aliphatic rings. The van der Waals surface area contributed by atoms with Gasteiger partial charge in [0.25, 0.3) is 0 Å². The van der Waals surface area contributed by atoms with Gasteiger partial charge in [0.05, 0.1) is 0 Å². The molecule has 0 aromatic rings. The van der Waals surface area contributed by atoms with Crippen LogP contribution in [0.4, 0.5) is 0 Å². The molecule has 0 saturated heterocycles. The van der Waals surface area contributed by atoms with Gasteiger partial charge in [-0.15, -0.1) is 0 Å². The monoisotopic (exact) mass is 655 g/mol. The Balaban J connectivity index is 4.34. The Morgan fingerprint density at radius 1 is 0.444 bits per heavy atom. The number of carbonyl (C=O) groups is 3. The normalized spacial score (nSPS) is 11.9. The Morgan fingerprint density at radius 3 is 1.18 bits per heavy atom. The molecule has 0 heterocycles. The summed E-state index contributed by atoms with van der Waals surface area (Å²) in [5, 5.41) is 0.138. The second kappa shape index (κ2) is 35.8. The van der Waals surface area contributed by atoms with Crippen molar-refractivity contribution >= 4 is 28.8 Å². The van der Waals surface area contributed by atoms with Crippen molar-refractivity contribution in [2.24, 2.45) is 0 Å². The summed E-state index contributed by atoms with van der Waals surface area (Å²) in [4.78, 5) is 37.6. The van der Waals surface area contributed by atoms with E-state index in [1.54, 1.807) is 0 Å². The first kappa shape index (κ1) is 44.0. The topological polar surface area (TPSA) is 69.7 Å². The van der Waals surface area contributed by atoms with E-state index in [4.69, 9.17) is 9.47 Å². The Bertz CT molecular complexity index is 630. The highest BCUT2D eigenvalue weighted by Gasteiger charge is 2.19. The molecule has 0 bridgehead atoms. The van der Waals surface area contributed by atoms with E-state index in [0.29, 0.717) is 25.0 Å². The second-order valence-electron chi connectivity index (χ2n) is 13.2. The van der Waals surface area contributed by atoms with Gasteiger partial charge < -0.3 is 9.47 Å². The molecule has 5 nitrogen and oxygen atoms in total. The van der Waals surface area contributed by atoms with Crippen molar-refractivity contribution in [1.82, 2.24) is 0 Å². The van der Waals surface area contributed by atoms with Crippen LogP contribution in [0.2, 0.25) is 0 Å². The third-order valence-electron chi connectivity index (χ3n) is 8.61. The summed E-state index contributed by atoms with van der Waals surface area (Å²) in [6.45, 7) is 6.76. The Morgan fingerprint density at radius 2 is 0.778 bits per heavy atom. The van der Waals surface area contributed by atoms with Crippen molar-refractivity contribution in [2.75, 3.05) is 12.4 Å². The molecule has 0 rings (SSSR count). The maximum atomic E-state index is 12.6. The second-order valence-corrected chi connectivity index (χ2v) is 14.3. The van der Waals surface area contributed by atoms with E-state index in [0.717, 1.165) is 51.4 Å². The molecule has 0 fully saturated rings. The first-order valence-corrected chi connectivity index (χ1v) is 20.5. The zero-order valence-electron chi connectivity index (χ0n) is 30.2. The minimum atomic E-state index is -0.569. The van der Waals surface area contributed by atoms with E-state index < -0.39 is 6.10 Å². The molecule has 45 heavy (non-hydrogen) atoms. The van der Waals surface area contributed by atoms with E-state index in [-0.39, 0.29) is 23.7 Å². The fourth-order valence-electron chi connectivity index (χ4n) is 5.62. The van der Waals surface area contributed by atoms with Crippen molar-refractivity contribution in [1.29, 1.82) is 0 Å². The van der Waals surface area contributed by atoms with E-state index in [9.17, 15) is 14.4 Å². The summed E-state index contributed by atoms with van der Waals surface area (Å²) < 4.78 is 11.3. The summed E-state index contributed by atoms with van der Waals surface area (Å²) >= 11 is 1.22. The Kier molecular flexibility index (Phi) is 35.0. The summed E-state index contributed by atoms with van der Waals surface area (Å²) in [6, 6.07) is 0. The molecule has 1 unspecified atom stereocenters. The average molecular weight is 655 g/mol. The largest absolute Gasteiger partial charge is 0.462 e. The third kappa shape index (κ3) is 34.1. The lowest BCUT2D eigenvalue weighted by Crippen LogP contribution is -2.28. The molecule has 0 aromatic heterocycles. The Hall–Kier alpha value is -1.04. The molecule has 0 spiro atoms. The Labute approximate surface area is 283 Å². The minimum Gasteiger partial charge on any atom is -0.462 e. The van der Waals surface area contributed by atoms with Gasteiger partial charge in [0.2, 0.25) is 0 Å². The number of hydrogen-bond acceptors (Lipinski definition) is 6. The summed E-state index contributed by atoms with van der Waals surface area (Å²) in [6.07, 6.45) is 33.4. The zero-order chi connectivity index (χ0) is 33.1. The van der Waals surface area contributed by atoms with Crippen LogP contribution in [0.25, 0.3) is 0 Å². The fourth-order valence-corrected chi connectivity index (χ4v) is 6.44. The van der Waals surface area contributed by atoms with Gasteiger partial charge in [-0.1, -0.05) is 187 Å². The summed E-state index contributed by atoms with van der Waals surface area (Å²) in [5.74, 6) is -0.126.